The summed E-state index contributed by atoms with van der Waals surface area (Å²) in [6.07, 6.45) is 1.27. The quantitative estimate of drug-likeness (QED) is 0.893. The molecule has 3 rings (SSSR count). The van der Waals surface area contributed by atoms with E-state index in [0.717, 1.165) is 6.42 Å². The number of carboxylic acids is 1. The maximum Gasteiger partial charge on any atom is 0.312 e. The van der Waals surface area contributed by atoms with Crippen molar-refractivity contribution in [3.05, 3.63) is 29.8 Å². The largest absolute Gasteiger partial charge is 0.481 e. The minimum absolute atomic E-state index is 0.00869. The summed E-state index contributed by atoms with van der Waals surface area (Å²) in [6, 6.07) is 7.04. The summed E-state index contributed by atoms with van der Waals surface area (Å²) in [7, 11) is 0. The molecule has 0 spiro atoms. The van der Waals surface area contributed by atoms with Crippen LogP contribution in [-0.4, -0.2) is 47.4 Å². The molecular formula is C15H16N2O4. The smallest absolute Gasteiger partial charge is 0.312 e. The Morgan fingerprint density at radius 1 is 1.29 bits per heavy atom. The number of carboxylic acid groups (broad SMARTS) is 1. The Morgan fingerprint density at radius 3 is 2.71 bits per heavy atom. The standard InChI is InChI=1S/C15H16N2O4/c18-13-6-3-7-16(13)9-14(19)17-8-11(15(20)21)10-4-1-2-5-12(10)17/h1-2,4-5,11H,3,6-9H2,(H,20,21). The molecule has 2 amide bonds. The number of likely N-dealkylation sites (tertiary alicyclic amines) is 1. The lowest BCUT2D eigenvalue weighted by molar-refractivity contribution is -0.138. The fourth-order valence-corrected chi connectivity index (χ4v) is 2.97. The Hall–Kier alpha value is -2.37. The van der Waals surface area contributed by atoms with Crippen LogP contribution in [0.3, 0.4) is 0 Å². The molecule has 6 heteroatoms. The van der Waals surface area contributed by atoms with Crippen molar-refractivity contribution in [3.8, 4) is 0 Å². The highest BCUT2D eigenvalue weighted by molar-refractivity contribution is 6.01. The summed E-state index contributed by atoms with van der Waals surface area (Å²) in [6.45, 7) is 0.761. The molecule has 1 unspecified atom stereocenters. The van der Waals surface area contributed by atoms with Crippen LogP contribution in [0.2, 0.25) is 0 Å². The molecule has 1 atom stereocenters. The summed E-state index contributed by atoms with van der Waals surface area (Å²) < 4.78 is 0. The van der Waals surface area contributed by atoms with Crippen LogP contribution in [0.25, 0.3) is 0 Å². The first kappa shape index (κ1) is 13.6. The van der Waals surface area contributed by atoms with Gasteiger partial charge in [-0.05, 0) is 18.1 Å². The van der Waals surface area contributed by atoms with Crippen LogP contribution < -0.4 is 4.90 Å². The average Bonchev–Trinajstić information content (AvgIpc) is 3.03. The SMILES string of the molecule is O=C(O)C1CN(C(=O)CN2CCCC2=O)c2ccccc21. The first-order valence-electron chi connectivity index (χ1n) is 6.98. The van der Waals surface area contributed by atoms with Gasteiger partial charge in [0.15, 0.2) is 0 Å². The van der Waals surface area contributed by atoms with Crippen LogP contribution in [0, 0.1) is 0 Å². The van der Waals surface area contributed by atoms with Crippen molar-refractivity contribution in [1.29, 1.82) is 0 Å². The third-order valence-electron chi connectivity index (χ3n) is 4.06. The van der Waals surface area contributed by atoms with E-state index in [0.29, 0.717) is 24.2 Å². The van der Waals surface area contributed by atoms with E-state index in [1.54, 1.807) is 29.2 Å². The van der Waals surface area contributed by atoms with E-state index in [-0.39, 0.29) is 24.9 Å². The average molecular weight is 288 g/mol. The number of aliphatic carboxylic acids is 1. The molecule has 1 fully saturated rings. The number of rotatable bonds is 3. The van der Waals surface area contributed by atoms with Gasteiger partial charge in [0.2, 0.25) is 11.8 Å². The predicted octanol–water partition coefficient (Wildman–Crippen LogP) is 0.824. The molecule has 2 aliphatic rings. The van der Waals surface area contributed by atoms with Crippen LogP contribution in [0.5, 0.6) is 0 Å². The third kappa shape index (κ3) is 2.37. The Morgan fingerprint density at radius 2 is 2.05 bits per heavy atom. The van der Waals surface area contributed by atoms with Crippen LogP contribution in [0.1, 0.15) is 24.3 Å². The molecule has 0 saturated carbocycles. The number of carbonyl (C=O) groups excluding carboxylic acids is 2. The van der Waals surface area contributed by atoms with Crippen molar-refractivity contribution in [2.75, 3.05) is 24.5 Å². The van der Waals surface area contributed by atoms with Gasteiger partial charge in [-0.2, -0.15) is 0 Å². The lowest BCUT2D eigenvalue weighted by Crippen LogP contribution is -2.40. The molecule has 1 N–H and O–H groups in total. The van der Waals surface area contributed by atoms with Gasteiger partial charge in [-0.25, -0.2) is 0 Å². The van der Waals surface area contributed by atoms with E-state index in [1.165, 1.54) is 4.90 Å². The van der Waals surface area contributed by atoms with Crippen LogP contribution in [-0.2, 0) is 14.4 Å². The number of amides is 2. The van der Waals surface area contributed by atoms with Crippen molar-refractivity contribution in [2.45, 2.75) is 18.8 Å². The van der Waals surface area contributed by atoms with Gasteiger partial charge < -0.3 is 14.9 Å². The molecule has 21 heavy (non-hydrogen) atoms. The number of hydrogen-bond donors (Lipinski definition) is 1. The number of fused-ring (bicyclic) bond motifs is 1. The maximum absolute atomic E-state index is 12.4. The van der Waals surface area contributed by atoms with Crippen LogP contribution >= 0.6 is 0 Å². The summed E-state index contributed by atoms with van der Waals surface area (Å²) in [5, 5.41) is 9.28. The van der Waals surface area contributed by atoms with E-state index < -0.39 is 11.9 Å². The predicted molar refractivity (Wildman–Crippen MR) is 75.0 cm³/mol. The number of carbonyl (C=O) groups is 3. The van der Waals surface area contributed by atoms with Crippen molar-refractivity contribution < 1.29 is 19.5 Å². The topological polar surface area (TPSA) is 77.9 Å². The van der Waals surface area contributed by atoms with Gasteiger partial charge in [-0.3, -0.25) is 14.4 Å². The number of anilines is 1. The summed E-state index contributed by atoms with van der Waals surface area (Å²) in [5.74, 6) is -1.86. The Bertz CT molecular complexity index is 613. The minimum Gasteiger partial charge on any atom is -0.481 e. The third-order valence-corrected chi connectivity index (χ3v) is 4.06. The van der Waals surface area contributed by atoms with Gasteiger partial charge in [-0.15, -0.1) is 0 Å². The lowest BCUT2D eigenvalue weighted by Gasteiger charge is -2.21. The van der Waals surface area contributed by atoms with E-state index in [4.69, 9.17) is 0 Å². The molecule has 0 radical (unpaired) electrons. The zero-order chi connectivity index (χ0) is 15.0. The highest BCUT2D eigenvalue weighted by atomic mass is 16.4. The van der Waals surface area contributed by atoms with Crippen LogP contribution in [0.15, 0.2) is 24.3 Å². The van der Waals surface area contributed by atoms with Crippen molar-refractivity contribution in [1.82, 2.24) is 4.90 Å². The van der Waals surface area contributed by atoms with Gasteiger partial charge >= 0.3 is 5.97 Å². The normalized spacial score (nSPS) is 20.8. The molecule has 0 aliphatic carbocycles. The maximum atomic E-state index is 12.4. The van der Waals surface area contributed by atoms with Crippen LogP contribution in [0.4, 0.5) is 5.69 Å². The molecule has 110 valence electrons. The van der Waals surface area contributed by atoms with Gasteiger partial charge in [0.25, 0.3) is 0 Å². The Balaban J connectivity index is 1.81. The van der Waals surface area contributed by atoms with Gasteiger partial charge in [0.1, 0.15) is 12.5 Å². The Kier molecular flexibility index (Phi) is 3.37. The molecule has 0 aromatic heterocycles. The molecule has 2 heterocycles. The second-order valence-electron chi connectivity index (χ2n) is 5.37. The van der Waals surface area contributed by atoms with Gasteiger partial charge in [0.05, 0.1) is 0 Å². The zero-order valence-electron chi connectivity index (χ0n) is 11.5. The molecule has 1 aromatic carbocycles. The number of para-hydroxylation sites is 1. The molecular weight excluding hydrogens is 272 g/mol. The fourth-order valence-electron chi connectivity index (χ4n) is 2.97. The van der Waals surface area contributed by atoms with E-state index >= 15 is 0 Å². The lowest BCUT2D eigenvalue weighted by atomic mass is 10.0. The number of hydrogen-bond acceptors (Lipinski definition) is 3. The monoisotopic (exact) mass is 288 g/mol. The zero-order valence-corrected chi connectivity index (χ0v) is 11.5. The fraction of sp³-hybridized carbons (Fsp3) is 0.400. The molecule has 6 nitrogen and oxygen atoms in total. The first-order valence-corrected chi connectivity index (χ1v) is 6.98. The van der Waals surface area contributed by atoms with E-state index in [2.05, 4.69) is 0 Å². The second-order valence-corrected chi connectivity index (χ2v) is 5.37. The summed E-state index contributed by atoms with van der Waals surface area (Å²) in [5.41, 5.74) is 1.30. The first-order chi connectivity index (χ1) is 10.1. The number of nitrogens with zero attached hydrogens (tertiary/aromatic N) is 2. The summed E-state index contributed by atoms with van der Waals surface area (Å²) in [4.78, 5) is 38.4. The highest BCUT2D eigenvalue weighted by Crippen LogP contribution is 2.36. The van der Waals surface area contributed by atoms with Crippen molar-refractivity contribution in [2.24, 2.45) is 0 Å². The molecule has 2 aliphatic heterocycles. The second kappa shape index (κ2) is 5.20. The molecule has 1 aromatic rings. The van der Waals surface area contributed by atoms with E-state index in [9.17, 15) is 19.5 Å². The molecule has 0 bridgehead atoms. The van der Waals surface area contributed by atoms with Crippen molar-refractivity contribution in [3.63, 3.8) is 0 Å². The number of benzene rings is 1. The van der Waals surface area contributed by atoms with Gasteiger partial charge in [-0.1, -0.05) is 18.2 Å². The molecule has 1 saturated heterocycles. The highest BCUT2D eigenvalue weighted by Gasteiger charge is 2.37. The van der Waals surface area contributed by atoms with E-state index in [1.807, 2.05) is 0 Å². The summed E-state index contributed by atoms with van der Waals surface area (Å²) >= 11 is 0. The van der Waals surface area contributed by atoms with Gasteiger partial charge in [0, 0.05) is 25.2 Å². The minimum atomic E-state index is -0.935. The van der Waals surface area contributed by atoms with Crippen molar-refractivity contribution >= 4 is 23.5 Å². The Labute approximate surface area is 122 Å².